The first-order valence-corrected chi connectivity index (χ1v) is 7.03. The van der Waals surface area contributed by atoms with E-state index < -0.39 is 0 Å². The summed E-state index contributed by atoms with van der Waals surface area (Å²) in [6, 6.07) is 0.416. The first-order chi connectivity index (χ1) is 8.79. The van der Waals surface area contributed by atoms with Gasteiger partial charge in [-0.25, -0.2) is 4.98 Å². The van der Waals surface area contributed by atoms with Crippen molar-refractivity contribution in [1.82, 2.24) is 19.6 Å². The summed E-state index contributed by atoms with van der Waals surface area (Å²) in [4.78, 5) is 19.5. The van der Waals surface area contributed by atoms with Crippen LogP contribution < -0.4 is 5.32 Å². The molecule has 3 rings (SSSR count). The summed E-state index contributed by atoms with van der Waals surface area (Å²) in [5.74, 6) is 0.110. The zero-order valence-corrected chi connectivity index (χ0v) is 11.1. The van der Waals surface area contributed by atoms with E-state index in [9.17, 15) is 4.79 Å². The number of likely N-dealkylation sites (N-methyl/N-ethyl adjacent to an activating group) is 1. The summed E-state index contributed by atoms with van der Waals surface area (Å²) in [6.45, 7) is 1.64. The van der Waals surface area contributed by atoms with Crippen LogP contribution in [0.2, 0.25) is 0 Å². The normalized spacial score (nSPS) is 20.5. The molecule has 1 fully saturated rings. The van der Waals surface area contributed by atoms with Crippen LogP contribution in [0.25, 0.3) is 4.83 Å². The Hall–Kier alpha value is -1.40. The summed E-state index contributed by atoms with van der Waals surface area (Å²) in [5.41, 5.74) is 0.726. The van der Waals surface area contributed by atoms with Crippen LogP contribution in [0.15, 0.2) is 17.9 Å². The van der Waals surface area contributed by atoms with Gasteiger partial charge in [0.15, 0.2) is 0 Å². The lowest BCUT2D eigenvalue weighted by Crippen LogP contribution is -2.47. The first kappa shape index (κ1) is 11.7. The van der Waals surface area contributed by atoms with Crippen molar-refractivity contribution in [2.24, 2.45) is 0 Å². The number of carbonyl (C=O) groups excluding carboxylic acids is 1. The maximum Gasteiger partial charge on any atom is 0.271 e. The fourth-order valence-electron chi connectivity index (χ4n) is 2.44. The van der Waals surface area contributed by atoms with Crippen molar-refractivity contribution in [1.29, 1.82) is 0 Å². The number of thiazole rings is 1. The highest BCUT2D eigenvalue weighted by Gasteiger charge is 2.25. The van der Waals surface area contributed by atoms with Crippen LogP contribution in [-0.4, -0.2) is 46.4 Å². The summed E-state index contributed by atoms with van der Waals surface area (Å²) < 4.78 is 1.87. The number of fused-ring (bicyclic) bond motifs is 1. The molecule has 0 aromatic carbocycles. The van der Waals surface area contributed by atoms with Crippen molar-refractivity contribution in [2.45, 2.75) is 18.9 Å². The van der Waals surface area contributed by atoms with Crippen molar-refractivity contribution in [2.75, 3.05) is 20.1 Å². The molecule has 1 N–H and O–H groups in total. The summed E-state index contributed by atoms with van der Waals surface area (Å²) in [6.07, 6.45) is 5.70. The third-order valence-electron chi connectivity index (χ3n) is 3.49. The van der Waals surface area contributed by atoms with E-state index in [2.05, 4.69) is 10.3 Å². The van der Waals surface area contributed by atoms with Gasteiger partial charge in [0.2, 0.25) is 0 Å². The Morgan fingerprint density at radius 1 is 1.61 bits per heavy atom. The average molecular weight is 264 g/mol. The number of carbonyl (C=O) groups is 1. The van der Waals surface area contributed by atoms with Crippen LogP contribution >= 0.6 is 11.3 Å². The molecule has 96 valence electrons. The van der Waals surface area contributed by atoms with Gasteiger partial charge in [-0.05, 0) is 19.9 Å². The van der Waals surface area contributed by atoms with Gasteiger partial charge in [-0.2, -0.15) is 0 Å². The van der Waals surface area contributed by atoms with Crippen LogP contribution in [0, 0.1) is 0 Å². The maximum absolute atomic E-state index is 12.5. The van der Waals surface area contributed by atoms with Crippen molar-refractivity contribution < 1.29 is 4.79 Å². The van der Waals surface area contributed by atoms with Crippen LogP contribution in [-0.2, 0) is 0 Å². The Kier molecular flexibility index (Phi) is 3.05. The SMILES string of the molecule is CNC1CCCN(C(=O)c2csc3cncn23)C1. The molecule has 0 aliphatic carbocycles. The zero-order valence-electron chi connectivity index (χ0n) is 10.3. The van der Waals surface area contributed by atoms with Crippen molar-refractivity contribution in [3.05, 3.63) is 23.6 Å². The van der Waals surface area contributed by atoms with Gasteiger partial charge in [0.25, 0.3) is 5.91 Å². The standard InChI is InChI=1S/C12H16N4OS/c1-13-9-3-2-4-15(6-9)12(17)10-7-18-11-5-14-8-16(10)11/h5,7-9,13H,2-4,6H2,1H3. The molecule has 6 heteroatoms. The number of amides is 1. The van der Waals surface area contributed by atoms with E-state index in [4.69, 9.17) is 0 Å². The van der Waals surface area contributed by atoms with Gasteiger partial charge < -0.3 is 10.2 Å². The van der Waals surface area contributed by atoms with Gasteiger partial charge >= 0.3 is 0 Å². The fourth-order valence-corrected chi connectivity index (χ4v) is 3.26. The van der Waals surface area contributed by atoms with Gasteiger partial charge in [-0.1, -0.05) is 0 Å². The number of hydrogen-bond donors (Lipinski definition) is 1. The highest BCUT2D eigenvalue weighted by Crippen LogP contribution is 2.19. The molecule has 2 aromatic rings. The molecule has 1 aliphatic rings. The van der Waals surface area contributed by atoms with E-state index in [-0.39, 0.29) is 5.91 Å². The summed E-state index contributed by atoms with van der Waals surface area (Å²) >= 11 is 1.56. The molecule has 0 radical (unpaired) electrons. The van der Waals surface area contributed by atoms with E-state index >= 15 is 0 Å². The number of imidazole rings is 1. The minimum Gasteiger partial charge on any atom is -0.336 e. The Balaban J connectivity index is 1.84. The third-order valence-corrected chi connectivity index (χ3v) is 4.38. The lowest BCUT2D eigenvalue weighted by molar-refractivity contribution is 0.0691. The molecule has 1 unspecified atom stereocenters. The maximum atomic E-state index is 12.5. The van der Waals surface area contributed by atoms with Crippen molar-refractivity contribution >= 4 is 22.1 Å². The van der Waals surface area contributed by atoms with Crippen molar-refractivity contribution in [3.8, 4) is 0 Å². The molecule has 3 heterocycles. The van der Waals surface area contributed by atoms with Gasteiger partial charge in [0.05, 0.1) is 6.20 Å². The molecule has 1 atom stereocenters. The molecule has 0 bridgehead atoms. The second-order valence-corrected chi connectivity index (χ2v) is 5.49. The highest BCUT2D eigenvalue weighted by molar-refractivity contribution is 7.15. The Morgan fingerprint density at radius 3 is 3.33 bits per heavy atom. The number of piperidine rings is 1. The van der Waals surface area contributed by atoms with Crippen molar-refractivity contribution in [3.63, 3.8) is 0 Å². The zero-order chi connectivity index (χ0) is 12.5. The monoisotopic (exact) mass is 264 g/mol. The van der Waals surface area contributed by atoms with Crippen LogP contribution in [0.4, 0.5) is 0 Å². The Morgan fingerprint density at radius 2 is 2.50 bits per heavy atom. The second kappa shape index (κ2) is 4.70. The number of hydrogen-bond acceptors (Lipinski definition) is 4. The van der Waals surface area contributed by atoms with E-state index in [1.807, 2.05) is 21.7 Å². The Bertz CT molecular complexity index is 561. The second-order valence-electron chi connectivity index (χ2n) is 4.60. The minimum absolute atomic E-state index is 0.110. The lowest BCUT2D eigenvalue weighted by Gasteiger charge is -2.32. The van der Waals surface area contributed by atoms with Crippen LogP contribution in [0.5, 0.6) is 0 Å². The average Bonchev–Trinajstić information content (AvgIpc) is 3.00. The summed E-state index contributed by atoms with van der Waals surface area (Å²) in [7, 11) is 1.96. The molecule has 0 saturated carbocycles. The molecule has 18 heavy (non-hydrogen) atoms. The molecule has 0 spiro atoms. The molecule has 1 amide bonds. The number of nitrogens with one attached hydrogen (secondary N) is 1. The quantitative estimate of drug-likeness (QED) is 0.887. The number of rotatable bonds is 2. The topological polar surface area (TPSA) is 49.6 Å². The van der Waals surface area contributed by atoms with Gasteiger partial charge in [0.1, 0.15) is 16.9 Å². The van der Waals surface area contributed by atoms with E-state index in [0.29, 0.717) is 6.04 Å². The highest BCUT2D eigenvalue weighted by atomic mass is 32.1. The smallest absolute Gasteiger partial charge is 0.271 e. The predicted octanol–water partition coefficient (Wildman–Crippen LogP) is 1.22. The molecule has 1 aliphatic heterocycles. The first-order valence-electron chi connectivity index (χ1n) is 6.15. The third kappa shape index (κ3) is 1.91. The number of likely N-dealkylation sites (tertiary alicyclic amines) is 1. The predicted molar refractivity (Wildman–Crippen MR) is 71.1 cm³/mol. The molecule has 2 aromatic heterocycles. The molecule has 5 nitrogen and oxygen atoms in total. The lowest BCUT2D eigenvalue weighted by atomic mass is 10.1. The molecular formula is C12H16N4OS. The van der Waals surface area contributed by atoms with Crippen LogP contribution in [0.1, 0.15) is 23.3 Å². The number of nitrogens with zero attached hydrogens (tertiary/aromatic N) is 3. The van der Waals surface area contributed by atoms with Gasteiger partial charge in [-0.3, -0.25) is 9.20 Å². The number of aromatic nitrogens is 2. The van der Waals surface area contributed by atoms with Gasteiger partial charge in [-0.15, -0.1) is 11.3 Å². The minimum atomic E-state index is 0.110. The van der Waals surface area contributed by atoms with Gasteiger partial charge in [0, 0.05) is 24.5 Å². The largest absolute Gasteiger partial charge is 0.336 e. The van der Waals surface area contributed by atoms with E-state index in [1.54, 1.807) is 23.9 Å². The van der Waals surface area contributed by atoms with E-state index in [0.717, 1.165) is 36.5 Å². The molecule has 1 saturated heterocycles. The molecular weight excluding hydrogens is 248 g/mol. The van der Waals surface area contributed by atoms with Crippen LogP contribution in [0.3, 0.4) is 0 Å². The van der Waals surface area contributed by atoms with E-state index in [1.165, 1.54) is 0 Å². The Labute approximate surface area is 109 Å². The fraction of sp³-hybridized carbons (Fsp3) is 0.500. The summed E-state index contributed by atoms with van der Waals surface area (Å²) in [5, 5.41) is 5.17.